The Morgan fingerprint density at radius 1 is 1.00 bits per heavy atom. The van der Waals surface area contributed by atoms with Crippen LogP contribution in [-0.4, -0.2) is 24.8 Å². The van der Waals surface area contributed by atoms with E-state index >= 15 is 0 Å². The quantitative estimate of drug-likeness (QED) is 0.269. The summed E-state index contributed by atoms with van der Waals surface area (Å²) in [6.45, 7) is -0.0738. The van der Waals surface area contributed by atoms with Gasteiger partial charge in [0.25, 0.3) is 5.91 Å². The number of anilines is 2. The molecule has 3 amide bonds. The molecule has 0 aliphatic rings. The van der Waals surface area contributed by atoms with E-state index in [0.717, 1.165) is 0 Å². The maximum Gasteiger partial charge on any atom is 0.313 e. The normalized spacial score (nSPS) is 10.7. The fourth-order valence-electron chi connectivity index (χ4n) is 2.73. The van der Waals surface area contributed by atoms with Crippen molar-refractivity contribution in [3.63, 3.8) is 0 Å². The van der Waals surface area contributed by atoms with E-state index in [4.69, 9.17) is 20.8 Å². The fraction of sp³-hybridized carbons (Fsp3) is 0.0833. The molecule has 1 heterocycles. The minimum Gasteiger partial charge on any atom is -0.497 e. The lowest BCUT2D eigenvalue weighted by Gasteiger charge is -2.06. The number of rotatable bonds is 7. The van der Waals surface area contributed by atoms with Gasteiger partial charge >= 0.3 is 11.8 Å². The van der Waals surface area contributed by atoms with E-state index in [1.54, 1.807) is 48.5 Å². The van der Waals surface area contributed by atoms with Gasteiger partial charge in [-0.3, -0.25) is 14.4 Å². The van der Waals surface area contributed by atoms with Gasteiger partial charge in [0.05, 0.1) is 13.7 Å². The highest BCUT2D eigenvalue weighted by Gasteiger charge is 2.15. The third-order valence-electron chi connectivity index (χ3n) is 4.39. The maximum absolute atomic E-state index is 12.4. The monoisotopic (exact) mass is 478 g/mol. The average Bonchev–Trinajstić information content (AvgIpc) is 3.28. The van der Waals surface area contributed by atoms with Crippen LogP contribution in [-0.2, 0) is 20.9 Å². The van der Waals surface area contributed by atoms with Crippen molar-refractivity contribution >= 4 is 46.8 Å². The minimum absolute atomic E-state index is 0.0738. The van der Waals surface area contributed by atoms with E-state index < -0.39 is 17.7 Å². The number of benzene rings is 2. The van der Waals surface area contributed by atoms with Gasteiger partial charge in [0.1, 0.15) is 28.9 Å². The number of nitrogens with one attached hydrogen (secondary N) is 3. The third-order valence-corrected chi connectivity index (χ3v) is 4.63. The summed E-state index contributed by atoms with van der Waals surface area (Å²) in [6.07, 6.45) is 1.27. The molecular weight excluding hydrogens is 460 g/mol. The molecule has 0 saturated carbocycles. The van der Waals surface area contributed by atoms with Crippen LogP contribution >= 0.6 is 11.6 Å². The Morgan fingerprint density at radius 3 is 2.41 bits per heavy atom. The summed E-state index contributed by atoms with van der Waals surface area (Å²) in [7, 11) is 1.53. The van der Waals surface area contributed by atoms with Crippen LogP contribution in [0.1, 0.15) is 11.5 Å². The van der Waals surface area contributed by atoms with Gasteiger partial charge in [-0.05, 0) is 54.6 Å². The Bertz CT molecular complexity index is 1280. The maximum atomic E-state index is 12.4. The first-order valence-electron chi connectivity index (χ1n) is 9.88. The number of amides is 3. The molecule has 0 radical (unpaired) electrons. The van der Waals surface area contributed by atoms with Crippen LogP contribution in [0.2, 0.25) is 5.02 Å². The highest BCUT2D eigenvalue weighted by Crippen LogP contribution is 2.17. The summed E-state index contributed by atoms with van der Waals surface area (Å²) in [5.74, 6) is -1.17. The number of nitriles is 1. The topological polar surface area (TPSA) is 133 Å². The van der Waals surface area contributed by atoms with Crippen LogP contribution < -0.4 is 20.7 Å². The van der Waals surface area contributed by atoms with Crippen LogP contribution in [0.5, 0.6) is 5.75 Å². The molecule has 0 fully saturated rings. The second-order valence-corrected chi connectivity index (χ2v) is 7.24. The summed E-state index contributed by atoms with van der Waals surface area (Å²) in [5.41, 5.74) is 0.697. The molecule has 10 heteroatoms. The lowest BCUT2D eigenvalue weighted by molar-refractivity contribution is -0.136. The summed E-state index contributed by atoms with van der Waals surface area (Å²) in [5, 5.41) is 17.2. The molecule has 3 N–H and O–H groups in total. The Kier molecular flexibility index (Phi) is 8.05. The molecule has 172 valence electrons. The number of carbonyl (C=O) groups is 3. The van der Waals surface area contributed by atoms with E-state index in [0.29, 0.717) is 27.9 Å². The van der Waals surface area contributed by atoms with Crippen molar-refractivity contribution in [1.82, 2.24) is 5.32 Å². The van der Waals surface area contributed by atoms with E-state index in [-0.39, 0.29) is 17.9 Å². The summed E-state index contributed by atoms with van der Waals surface area (Å²) >= 11 is 5.85. The molecule has 0 spiro atoms. The van der Waals surface area contributed by atoms with Gasteiger partial charge in [0.2, 0.25) is 0 Å². The van der Waals surface area contributed by atoms with Crippen LogP contribution in [0.15, 0.2) is 70.7 Å². The minimum atomic E-state index is -0.870. The van der Waals surface area contributed by atoms with Crippen molar-refractivity contribution in [2.45, 2.75) is 6.54 Å². The molecule has 3 rings (SSSR count). The molecule has 3 aromatic rings. The largest absolute Gasteiger partial charge is 0.497 e. The molecule has 0 unspecified atom stereocenters. The van der Waals surface area contributed by atoms with Crippen molar-refractivity contribution in [2.75, 3.05) is 17.7 Å². The number of ether oxygens (including phenoxy) is 1. The van der Waals surface area contributed by atoms with Crippen LogP contribution in [0.25, 0.3) is 6.08 Å². The van der Waals surface area contributed by atoms with Crippen molar-refractivity contribution in [3.8, 4) is 11.8 Å². The predicted octanol–water partition coefficient (Wildman–Crippen LogP) is 3.74. The van der Waals surface area contributed by atoms with E-state index in [9.17, 15) is 19.6 Å². The predicted molar refractivity (Wildman–Crippen MR) is 126 cm³/mol. The van der Waals surface area contributed by atoms with Gasteiger partial charge in [-0.2, -0.15) is 5.26 Å². The zero-order chi connectivity index (χ0) is 24.5. The van der Waals surface area contributed by atoms with E-state index in [1.807, 2.05) is 6.07 Å². The summed E-state index contributed by atoms with van der Waals surface area (Å²) < 4.78 is 10.6. The van der Waals surface area contributed by atoms with Gasteiger partial charge < -0.3 is 25.1 Å². The number of carbonyl (C=O) groups excluding carboxylic acids is 3. The van der Waals surface area contributed by atoms with Gasteiger partial charge in [-0.25, -0.2) is 0 Å². The number of methoxy groups -OCH3 is 1. The van der Waals surface area contributed by atoms with Crippen molar-refractivity contribution in [3.05, 3.63) is 82.8 Å². The fourth-order valence-corrected chi connectivity index (χ4v) is 2.92. The second-order valence-electron chi connectivity index (χ2n) is 6.80. The van der Waals surface area contributed by atoms with E-state index in [2.05, 4.69) is 16.0 Å². The molecule has 0 bridgehead atoms. The average molecular weight is 479 g/mol. The Hall–Kier alpha value is -4.55. The Morgan fingerprint density at radius 2 is 1.74 bits per heavy atom. The first kappa shape index (κ1) is 24.1. The molecule has 1 aromatic heterocycles. The molecule has 0 atom stereocenters. The second kappa shape index (κ2) is 11.4. The lowest BCUT2D eigenvalue weighted by Crippen LogP contribution is -2.34. The number of hydrogen-bond acceptors (Lipinski definition) is 6. The van der Waals surface area contributed by atoms with Gasteiger partial charge in [-0.15, -0.1) is 0 Å². The van der Waals surface area contributed by atoms with Crippen LogP contribution in [0, 0.1) is 11.3 Å². The zero-order valence-electron chi connectivity index (χ0n) is 17.9. The molecule has 0 aliphatic carbocycles. The number of nitrogens with zero attached hydrogens (tertiary/aromatic N) is 1. The summed E-state index contributed by atoms with van der Waals surface area (Å²) in [4.78, 5) is 36.4. The van der Waals surface area contributed by atoms with Gasteiger partial charge in [-0.1, -0.05) is 17.7 Å². The smallest absolute Gasteiger partial charge is 0.313 e. The van der Waals surface area contributed by atoms with Gasteiger partial charge in [0.15, 0.2) is 0 Å². The lowest BCUT2D eigenvalue weighted by atomic mass is 10.2. The molecular formula is C24H19ClN4O5. The third kappa shape index (κ3) is 6.72. The first-order chi connectivity index (χ1) is 16.4. The molecule has 2 aromatic carbocycles. The molecule has 9 nitrogen and oxygen atoms in total. The first-order valence-corrected chi connectivity index (χ1v) is 10.3. The number of hydrogen-bond donors (Lipinski definition) is 3. The standard InChI is InChI=1S/C24H19ClN4O5/c1-33-19-7-5-17(6-8-19)28-22(30)15(13-26)11-20-9-10-21(34-20)14-27-23(31)24(32)29-18-4-2-3-16(25)12-18/h2-12H,14H2,1H3,(H,27,31)(H,28,30)(H,29,32)/b15-11-. The molecule has 0 saturated heterocycles. The number of furan rings is 1. The highest BCUT2D eigenvalue weighted by atomic mass is 35.5. The van der Waals surface area contributed by atoms with Crippen LogP contribution in [0.4, 0.5) is 11.4 Å². The Balaban J connectivity index is 1.56. The summed E-state index contributed by atoms with van der Waals surface area (Å²) in [6, 6.07) is 17.9. The highest BCUT2D eigenvalue weighted by molar-refractivity contribution is 6.39. The van der Waals surface area contributed by atoms with Crippen LogP contribution in [0.3, 0.4) is 0 Å². The van der Waals surface area contributed by atoms with Gasteiger partial charge in [0, 0.05) is 22.5 Å². The zero-order valence-corrected chi connectivity index (χ0v) is 18.7. The number of halogens is 1. The van der Waals surface area contributed by atoms with E-state index in [1.165, 1.54) is 25.3 Å². The molecule has 34 heavy (non-hydrogen) atoms. The molecule has 0 aliphatic heterocycles. The van der Waals surface area contributed by atoms with Crippen molar-refractivity contribution in [2.24, 2.45) is 0 Å². The van der Waals surface area contributed by atoms with Crippen molar-refractivity contribution in [1.29, 1.82) is 5.26 Å². The Labute approximate surface area is 200 Å². The van der Waals surface area contributed by atoms with Crippen molar-refractivity contribution < 1.29 is 23.5 Å². The SMILES string of the molecule is COc1ccc(NC(=O)/C(C#N)=C\c2ccc(CNC(=O)C(=O)Nc3cccc(Cl)c3)o2)cc1.